The van der Waals surface area contributed by atoms with E-state index in [-0.39, 0.29) is 0 Å². The summed E-state index contributed by atoms with van der Waals surface area (Å²) >= 11 is 0. The van der Waals surface area contributed by atoms with E-state index in [1.165, 1.54) is 0 Å². The van der Waals surface area contributed by atoms with E-state index in [4.69, 9.17) is 11.5 Å². The maximum atomic E-state index is 10.8. The van der Waals surface area contributed by atoms with E-state index in [1.807, 2.05) is 6.92 Å². The Morgan fingerprint density at radius 2 is 1.64 bits per heavy atom. The van der Waals surface area contributed by atoms with Crippen LogP contribution in [0.1, 0.15) is 19.8 Å². The van der Waals surface area contributed by atoms with Gasteiger partial charge in [-0.3, -0.25) is 9.59 Å². The molecule has 4 heteroatoms. The van der Waals surface area contributed by atoms with Gasteiger partial charge in [-0.15, -0.1) is 0 Å². The van der Waals surface area contributed by atoms with Gasteiger partial charge in [0, 0.05) is 0 Å². The molecule has 0 bridgehead atoms. The molecule has 0 saturated heterocycles. The maximum Gasteiger partial charge on any atom is 0.233 e. The molecular formula is C7H12N2O2. The second kappa shape index (κ2) is 2.22. The summed E-state index contributed by atoms with van der Waals surface area (Å²) in [6, 6.07) is 0. The van der Waals surface area contributed by atoms with Gasteiger partial charge in [-0.25, -0.2) is 0 Å². The van der Waals surface area contributed by atoms with Gasteiger partial charge in [0.05, 0.1) is 0 Å². The smallest absolute Gasteiger partial charge is 0.233 e. The topological polar surface area (TPSA) is 86.2 Å². The minimum absolute atomic E-state index is 0.384. The van der Waals surface area contributed by atoms with Crippen LogP contribution in [0, 0.1) is 11.3 Å². The summed E-state index contributed by atoms with van der Waals surface area (Å²) in [6.45, 7) is 1.96. The first-order valence-corrected chi connectivity index (χ1v) is 3.59. The molecule has 4 nitrogen and oxygen atoms in total. The molecule has 0 aliphatic heterocycles. The lowest BCUT2D eigenvalue weighted by Crippen LogP contribution is -2.55. The van der Waals surface area contributed by atoms with Crippen molar-refractivity contribution in [3.63, 3.8) is 0 Å². The molecular weight excluding hydrogens is 144 g/mol. The zero-order valence-corrected chi connectivity index (χ0v) is 6.46. The summed E-state index contributed by atoms with van der Waals surface area (Å²) in [5, 5.41) is 0. The normalized spacial score (nSPS) is 22.3. The first-order valence-electron chi connectivity index (χ1n) is 3.59. The monoisotopic (exact) mass is 156 g/mol. The highest BCUT2D eigenvalue weighted by molar-refractivity contribution is 6.04. The number of hydrogen-bond donors (Lipinski definition) is 2. The minimum atomic E-state index is -1.03. The summed E-state index contributed by atoms with van der Waals surface area (Å²) < 4.78 is 0. The van der Waals surface area contributed by atoms with Crippen LogP contribution < -0.4 is 11.5 Å². The molecule has 2 amide bonds. The Labute approximate surface area is 64.9 Å². The Hall–Kier alpha value is -1.06. The van der Waals surface area contributed by atoms with Crippen molar-refractivity contribution in [3.05, 3.63) is 0 Å². The van der Waals surface area contributed by atoms with Crippen LogP contribution in [0.25, 0.3) is 0 Å². The van der Waals surface area contributed by atoms with Crippen LogP contribution in [0.3, 0.4) is 0 Å². The molecule has 0 aromatic rings. The summed E-state index contributed by atoms with van der Waals surface area (Å²) in [7, 11) is 0. The largest absolute Gasteiger partial charge is 0.369 e. The van der Waals surface area contributed by atoms with Gasteiger partial charge in [0.2, 0.25) is 11.8 Å². The van der Waals surface area contributed by atoms with E-state index < -0.39 is 17.2 Å². The van der Waals surface area contributed by atoms with Crippen LogP contribution in [-0.2, 0) is 9.59 Å². The molecule has 1 aliphatic rings. The standard InChI is InChI=1S/C7H12N2O2/c1-4-2-7(3-4,5(8)10)6(9)11/h4H,2-3H2,1H3,(H2,8,10)(H2,9,11). The van der Waals surface area contributed by atoms with Crippen LogP contribution in [0.15, 0.2) is 0 Å². The fourth-order valence-corrected chi connectivity index (χ4v) is 1.65. The molecule has 0 radical (unpaired) electrons. The number of amides is 2. The van der Waals surface area contributed by atoms with Gasteiger partial charge in [-0.1, -0.05) is 6.92 Å². The molecule has 1 rings (SSSR count). The zero-order chi connectivity index (χ0) is 8.65. The second-order valence-corrected chi connectivity index (χ2v) is 3.32. The number of rotatable bonds is 2. The van der Waals surface area contributed by atoms with Crippen molar-refractivity contribution in [2.24, 2.45) is 22.8 Å². The fourth-order valence-electron chi connectivity index (χ4n) is 1.65. The van der Waals surface area contributed by atoms with Gasteiger partial charge >= 0.3 is 0 Å². The molecule has 0 spiro atoms. The number of carbonyl (C=O) groups is 2. The molecule has 0 aromatic carbocycles. The average molecular weight is 156 g/mol. The Bertz CT molecular complexity index is 190. The third kappa shape index (κ3) is 0.982. The third-order valence-electron chi connectivity index (χ3n) is 2.34. The summed E-state index contributed by atoms with van der Waals surface area (Å²) in [5.74, 6) is -0.777. The van der Waals surface area contributed by atoms with Crippen molar-refractivity contribution in [1.29, 1.82) is 0 Å². The van der Waals surface area contributed by atoms with Crippen molar-refractivity contribution in [2.45, 2.75) is 19.8 Å². The van der Waals surface area contributed by atoms with E-state index in [9.17, 15) is 9.59 Å². The highest BCUT2D eigenvalue weighted by Crippen LogP contribution is 2.44. The third-order valence-corrected chi connectivity index (χ3v) is 2.34. The molecule has 1 fully saturated rings. The fraction of sp³-hybridized carbons (Fsp3) is 0.714. The highest BCUT2D eigenvalue weighted by atomic mass is 16.2. The van der Waals surface area contributed by atoms with Crippen molar-refractivity contribution in [3.8, 4) is 0 Å². The number of hydrogen-bond acceptors (Lipinski definition) is 2. The predicted molar refractivity (Wildman–Crippen MR) is 39.2 cm³/mol. The second-order valence-electron chi connectivity index (χ2n) is 3.32. The Kier molecular flexibility index (Phi) is 1.62. The molecule has 0 unspecified atom stereocenters. The molecule has 0 atom stereocenters. The summed E-state index contributed by atoms with van der Waals surface area (Å²) in [5.41, 5.74) is 9.08. The van der Waals surface area contributed by atoms with Crippen molar-refractivity contribution >= 4 is 11.8 Å². The van der Waals surface area contributed by atoms with E-state index >= 15 is 0 Å². The minimum Gasteiger partial charge on any atom is -0.369 e. The van der Waals surface area contributed by atoms with E-state index in [0.717, 1.165) is 0 Å². The Morgan fingerprint density at radius 1 is 1.27 bits per heavy atom. The number of nitrogens with two attached hydrogens (primary N) is 2. The lowest BCUT2D eigenvalue weighted by atomic mass is 9.62. The zero-order valence-electron chi connectivity index (χ0n) is 6.46. The summed E-state index contributed by atoms with van der Waals surface area (Å²) in [4.78, 5) is 21.6. The van der Waals surface area contributed by atoms with Crippen molar-refractivity contribution < 1.29 is 9.59 Å². The lowest BCUT2D eigenvalue weighted by molar-refractivity contribution is -0.148. The van der Waals surface area contributed by atoms with Crippen LogP contribution in [0.5, 0.6) is 0 Å². The van der Waals surface area contributed by atoms with Gasteiger partial charge < -0.3 is 11.5 Å². The number of primary amides is 2. The average Bonchev–Trinajstić information content (AvgIpc) is 1.78. The quantitative estimate of drug-likeness (QED) is 0.522. The van der Waals surface area contributed by atoms with Crippen LogP contribution in [0.4, 0.5) is 0 Å². The molecule has 4 N–H and O–H groups in total. The van der Waals surface area contributed by atoms with Gasteiger partial charge in [-0.05, 0) is 18.8 Å². The Morgan fingerprint density at radius 3 is 1.73 bits per heavy atom. The first kappa shape index (κ1) is 8.04. The maximum absolute atomic E-state index is 10.8. The number of carbonyl (C=O) groups excluding carboxylic acids is 2. The van der Waals surface area contributed by atoms with Crippen LogP contribution >= 0.6 is 0 Å². The molecule has 11 heavy (non-hydrogen) atoms. The molecule has 0 aromatic heterocycles. The highest BCUT2D eigenvalue weighted by Gasteiger charge is 2.51. The SMILES string of the molecule is CC1CC(C(N)=O)(C(N)=O)C1. The van der Waals surface area contributed by atoms with Gasteiger partial charge in [0.1, 0.15) is 5.41 Å². The van der Waals surface area contributed by atoms with E-state index in [1.54, 1.807) is 0 Å². The first-order chi connectivity index (χ1) is 4.99. The lowest BCUT2D eigenvalue weighted by Gasteiger charge is -2.40. The Balaban J connectivity index is 2.77. The van der Waals surface area contributed by atoms with Crippen LogP contribution in [0.2, 0.25) is 0 Å². The van der Waals surface area contributed by atoms with E-state index in [2.05, 4.69) is 0 Å². The predicted octanol–water partition coefficient (Wildman–Crippen LogP) is -0.627. The van der Waals surface area contributed by atoms with Gasteiger partial charge in [0.15, 0.2) is 0 Å². The van der Waals surface area contributed by atoms with Crippen LogP contribution in [-0.4, -0.2) is 11.8 Å². The van der Waals surface area contributed by atoms with Crippen molar-refractivity contribution in [2.75, 3.05) is 0 Å². The van der Waals surface area contributed by atoms with E-state index in [0.29, 0.717) is 18.8 Å². The van der Waals surface area contributed by atoms with Crippen molar-refractivity contribution in [1.82, 2.24) is 0 Å². The molecule has 1 saturated carbocycles. The van der Waals surface area contributed by atoms with Gasteiger partial charge in [0.25, 0.3) is 0 Å². The summed E-state index contributed by atoms with van der Waals surface area (Å²) in [6.07, 6.45) is 1.02. The molecule has 1 aliphatic carbocycles. The molecule has 0 heterocycles. The molecule has 62 valence electrons. The van der Waals surface area contributed by atoms with Gasteiger partial charge in [-0.2, -0.15) is 0 Å².